The second-order valence-electron chi connectivity index (χ2n) is 6.72. The normalized spacial score (nSPS) is 13.1. The van der Waals surface area contributed by atoms with E-state index in [4.69, 9.17) is 4.74 Å². The summed E-state index contributed by atoms with van der Waals surface area (Å²) in [5, 5.41) is 3.89. The van der Waals surface area contributed by atoms with E-state index >= 15 is 0 Å². The lowest BCUT2D eigenvalue weighted by molar-refractivity contribution is -0.145. The highest BCUT2D eigenvalue weighted by molar-refractivity contribution is 7.80. The molecule has 2 atom stereocenters. The maximum atomic E-state index is 12.8. The van der Waals surface area contributed by atoms with Gasteiger partial charge in [0.1, 0.15) is 6.04 Å². The number of aromatic nitrogens is 1. The Morgan fingerprint density at radius 3 is 2.50 bits per heavy atom. The highest BCUT2D eigenvalue weighted by Crippen LogP contribution is 2.20. The van der Waals surface area contributed by atoms with Gasteiger partial charge < -0.3 is 15.0 Å². The number of carbonyl (C=O) groups is 2. The van der Waals surface area contributed by atoms with Crippen LogP contribution in [0.3, 0.4) is 0 Å². The van der Waals surface area contributed by atoms with Crippen molar-refractivity contribution in [3.8, 4) is 0 Å². The molecular weight excluding hydrogens is 372 g/mol. The molecule has 0 saturated carbocycles. The van der Waals surface area contributed by atoms with Crippen LogP contribution in [0.1, 0.15) is 11.1 Å². The highest BCUT2D eigenvalue weighted by Gasteiger charge is 2.26. The van der Waals surface area contributed by atoms with Crippen LogP contribution in [0.2, 0.25) is 0 Å². The minimum atomic E-state index is -0.755. The zero-order chi connectivity index (χ0) is 19.9. The van der Waals surface area contributed by atoms with E-state index in [0.29, 0.717) is 18.6 Å². The fourth-order valence-corrected chi connectivity index (χ4v) is 3.58. The van der Waals surface area contributed by atoms with Gasteiger partial charge in [-0.05, 0) is 23.6 Å². The first-order valence-electron chi connectivity index (χ1n) is 9.20. The molecule has 3 rings (SSSR count). The molecule has 6 heteroatoms. The summed E-state index contributed by atoms with van der Waals surface area (Å²) in [6.45, 7) is 0. The molecule has 146 valence electrons. The monoisotopic (exact) mass is 396 g/mol. The van der Waals surface area contributed by atoms with E-state index in [1.807, 2.05) is 60.8 Å². The Bertz CT molecular complexity index is 939. The number of hydrogen-bond donors (Lipinski definition) is 3. The number of ether oxygens (including phenoxy) is 1. The Balaban J connectivity index is 1.74. The van der Waals surface area contributed by atoms with Gasteiger partial charge in [0.15, 0.2) is 0 Å². The van der Waals surface area contributed by atoms with Crippen LogP contribution in [0.25, 0.3) is 10.9 Å². The molecule has 2 aromatic carbocycles. The van der Waals surface area contributed by atoms with Gasteiger partial charge in [0.25, 0.3) is 0 Å². The van der Waals surface area contributed by atoms with Gasteiger partial charge >= 0.3 is 5.97 Å². The maximum Gasteiger partial charge on any atom is 0.328 e. The summed E-state index contributed by atoms with van der Waals surface area (Å²) in [7, 11) is 1.33. The van der Waals surface area contributed by atoms with Gasteiger partial charge in [-0.15, -0.1) is 0 Å². The lowest BCUT2D eigenvalue weighted by Gasteiger charge is -2.20. The number of para-hydroxylation sites is 1. The van der Waals surface area contributed by atoms with Gasteiger partial charge in [0.2, 0.25) is 5.91 Å². The number of esters is 1. The van der Waals surface area contributed by atoms with Crippen LogP contribution in [0.15, 0.2) is 60.8 Å². The number of hydrogen-bond acceptors (Lipinski definition) is 4. The number of benzene rings is 2. The van der Waals surface area contributed by atoms with Crippen LogP contribution in [0.4, 0.5) is 0 Å². The molecule has 3 aromatic rings. The molecule has 2 N–H and O–H groups in total. The Kier molecular flexibility index (Phi) is 6.76. The summed E-state index contributed by atoms with van der Waals surface area (Å²) in [6.07, 6.45) is 2.79. The van der Waals surface area contributed by atoms with E-state index in [1.165, 1.54) is 7.11 Å². The van der Waals surface area contributed by atoms with E-state index in [2.05, 4.69) is 22.9 Å². The van der Waals surface area contributed by atoms with Crippen LogP contribution >= 0.6 is 12.6 Å². The van der Waals surface area contributed by atoms with Crippen LogP contribution in [-0.2, 0) is 27.2 Å². The summed E-state index contributed by atoms with van der Waals surface area (Å²) in [5.74, 6) is -0.604. The van der Waals surface area contributed by atoms with Crippen LogP contribution in [0, 0.1) is 5.92 Å². The first kappa shape index (κ1) is 20.0. The summed E-state index contributed by atoms with van der Waals surface area (Å²) >= 11 is 4.34. The van der Waals surface area contributed by atoms with Crippen molar-refractivity contribution in [2.45, 2.75) is 18.9 Å². The first-order chi connectivity index (χ1) is 13.6. The zero-order valence-corrected chi connectivity index (χ0v) is 16.6. The number of rotatable bonds is 8. The van der Waals surface area contributed by atoms with Crippen molar-refractivity contribution >= 4 is 35.4 Å². The van der Waals surface area contributed by atoms with E-state index < -0.39 is 12.0 Å². The number of thiol groups is 1. The van der Waals surface area contributed by atoms with E-state index in [9.17, 15) is 9.59 Å². The number of methoxy groups -OCH3 is 1. The molecule has 0 saturated heterocycles. The third kappa shape index (κ3) is 4.75. The number of H-pyrrole nitrogens is 1. The molecule has 1 heterocycles. The van der Waals surface area contributed by atoms with E-state index in [0.717, 1.165) is 22.0 Å². The van der Waals surface area contributed by atoms with Crippen molar-refractivity contribution in [3.05, 3.63) is 71.9 Å². The fraction of sp³-hybridized carbons (Fsp3) is 0.273. The predicted octanol–water partition coefficient (Wildman–Crippen LogP) is 3.16. The SMILES string of the molecule is COC(=O)[C@H](Cc1c[nH]c2ccccc12)NC(=O)[C@H](CS)Cc1ccccc1. The van der Waals surface area contributed by atoms with Crippen molar-refractivity contribution in [1.82, 2.24) is 10.3 Å². The third-order valence-corrected chi connectivity index (χ3v) is 5.26. The Morgan fingerprint density at radius 1 is 1.07 bits per heavy atom. The second-order valence-corrected chi connectivity index (χ2v) is 7.08. The molecule has 0 fully saturated rings. The predicted molar refractivity (Wildman–Crippen MR) is 113 cm³/mol. The van der Waals surface area contributed by atoms with Crippen LogP contribution in [0.5, 0.6) is 0 Å². The van der Waals surface area contributed by atoms with Crippen LogP contribution < -0.4 is 5.32 Å². The molecule has 0 aliphatic heterocycles. The van der Waals surface area contributed by atoms with Crippen molar-refractivity contribution < 1.29 is 14.3 Å². The summed E-state index contributed by atoms with van der Waals surface area (Å²) < 4.78 is 4.92. The van der Waals surface area contributed by atoms with Gasteiger partial charge in [-0.2, -0.15) is 12.6 Å². The van der Waals surface area contributed by atoms with E-state index in [-0.39, 0.29) is 11.8 Å². The van der Waals surface area contributed by atoms with Gasteiger partial charge in [-0.3, -0.25) is 4.79 Å². The topological polar surface area (TPSA) is 71.2 Å². The Labute approximate surface area is 169 Å². The molecular formula is C22H24N2O3S. The van der Waals surface area contributed by atoms with Crippen LogP contribution in [-0.4, -0.2) is 35.8 Å². The molecule has 0 spiro atoms. The number of carbonyl (C=O) groups excluding carboxylic acids is 2. The van der Waals surface area contributed by atoms with E-state index in [1.54, 1.807) is 0 Å². The van der Waals surface area contributed by atoms with Crippen molar-refractivity contribution in [2.75, 3.05) is 12.9 Å². The Hall–Kier alpha value is -2.73. The standard InChI is InChI=1S/C22H24N2O3S/c1-27-22(26)20(12-16-13-23-19-10-6-5-9-18(16)19)24-21(25)17(14-28)11-15-7-3-2-4-8-15/h2-10,13,17,20,23,28H,11-12,14H2,1H3,(H,24,25)/t17-,20-/m0/s1. The molecule has 0 bridgehead atoms. The smallest absolute Gasteiger partial charge is 0.328 e. The van der Waals surface area contributed by atoms with Gasteiger partial charge in [-0.1, -0.05) is 48.5 Å². The number of amides is 1. The molecule has 0 aliphatic carbocycles. The first-order valence-corrected chi connectivity index (χ1v) is 9.83. The average molecular weight is 397 g/mol. The zero-order valence-electron chi connectivity index (χ0n) is 15.7. The maximum absolute atomic E-state index is 12.8. The molecule has 1 amide bonds. The molecule has 5 nitrogen and oxygen atoms in total. The molecule has 1 aromatic heterocycles. The molecule has 0 unspecified atom stereocenters. The molecule has 0 radical (unpaired) electrons. The van der Waals surface area contributed by atoms with Crippen molar-refractivity contribution in [2.24, 2.45) is 5.92 Å². The molecule has 28 heavy (non-hydrogen) atoms. The van der Waals surface area contributed by atoms with Gasteiger partial charge in [0, 0.05) is 29.3 Å². The minimum absolute atomic E-state index is 0.200. The second kappa shape index (κ2) is 9.46. The van der Waals surface area contributed by atoms with Crippen molar-refractivity contribution in [1.29, 1.82) is 0 Å². The lowest BCUT2D eigenvalue weighted by Crippen LogP contribution is -2.46. The largest absolute Gasteiger partial charge is 0.467 e. The summed E-state index contributed by atoms with van der Waals surface area (Å²) in [6, 6.07) is 16.9. The minimum Gasteiger partial charge on any atom is -0.467 e. The van der Waals surface area contributed by atoms with Crippen molar-refractivity contribution in [3.63, 3.8) is 0 Å². The summed E-state index contributed by atoms with van der Waals surface area (Å²) in [4.78, 5) is 28.3. The number of nitrogens with one attached hydrogen (secondary N) is 2. The number of fused-ring (bicyclic) bond motifs is 1. The highest BCUT2D eigenvalue weighted by atomic mass is 32.1. The number of aromatic amines is 1. The third-order valence-electron chi connectivity index (χ3n) is 4.82. The molecule has 0 aliphatic rings. The summed E-state index contributed by atoms with van der Waals surface area (Å²) in [5.41, 5.74) is 3.00. The average Bonchev–Trinajstić information content (AvgIpc) is 3.14. The fourth-order valence-electron chi connectivity index (χ4n) is 3.28. The lowest BCUT2D eigenvalue weighted by atomic mass is 9.99. The van der Waals surface area contributed by atoms with Gasteiger partial charge in [-0.25, -0.2) is 4.79 Å². The quantitative estimate of drug-likeness (QED) is 0.405. The Morgan fingerprint density at radius 2 is 1.79 bits per heavy atom. The van der Waals surface area contributed by atoms with Gasteiger partial charge in [0.05, 0.1) is 13.0 Å².